The number of nitrogens with zero attached hydrogens (tertiary/aromatic N) is 2. The minimum atomic E-state index is -0.00873. The molecular weight excluding hydrogens is 305 g/mol. The second-order valence-electron chi connectivity index (χ2n) is 4.21. The third kappa shape index (κ3) is 2.78. The zero-order valence-electron chi connectivity index (χ0n) is 10.5. The Kier molecular flexibility index (Phi) is 4.18. The first-order valence-corrected chi connectivity index (χ1v) is 6.92. The Morgan fingerprint density at radius 3 is 2.68 bits per heavy atom. The molecule has 1 aromatic heterocycles. The maximum Gasteiger partial charge on any atom is 0.242 e. The zero-order chi connectivity index (χ0) is 14.2. The molecule has 7 heteroatoms. The lowest BCUT2D eigenvalue weighted by molar-refractivity contribution is -0.130. The molecular formula is C12H13Cl2N3OS. The van der Waals surface area contributed by atoms with Gasteiger partial charge in [0.15, 0.2) is 4.77 Å². The summed E-state index contributed by atoms with van der Waals surface area (Å²) in [4.78, 5) is 16.6. The third-order valence-electron chi connectivity index (χ3n) is 3.01. The molecule has 0 bridgehead atoms. The summed E-state index contributed by atoms with van der Waals surface area (Å²) in [6.45, 7) is 2.76. The molecule has 1 amide bonds. The summed E-state index contributed by atoms with van der Waals surface area (Å²) in [7, 11) is 1.75. The standard InChI is InChI=1S/C12H13Cl2N3OS/c1-3-16(2)11(18)6-17-10-5-8(14)7(13)4-9(10)15-12(17)19/h4-5H,3,6H2,1-2H3,(H,15,19). The van der Waals surface area contributed by atoms with Crippen LogP contribution in [0.2, 0.25) is 10.0 Å². The Labute approximate surface area is 125 Å². The maximum absolute atomic E-state index is 12.0. The van der Waals surface area contributed by atoms with Crippen LogP contribution in [0.1, 0.15) is 6.92 Å². The van der Waals surface area contributed by atoms with Crippen LogP contribution in [-0.2, 0) is 11.3 Å². The summed E-state index contributed by atoms with van der Waals surface area (Å²) in [5.41, 5.74) is 1.55. The van der Waals surface area contributed by atoms with Crippen molar-refractivity contribution >= 4 is 52.4 Å². The Morgan fingerprint density at radius 2 is 2.05 bits per heavy atom. The van der Waals surface area contributed by atoms with Gasteiger partial charge in [-0.3, -0.25) is 4.79 Å². The normalized spacial score (nSPS) is 10.9. The number of likely N-dealkylation sites (N-methyl/N-ethyl adjacent to an activating group) is 1. The summed E-state index contributed by atoms with van der Waals surface area (Å²) < 4.78 is 2.20. The van der Waals surface area contributed by atoms with Crippen LogP contribution < -0.4 is 0 Å². The topological polar surface area (TPSA) is 41.0 Å². The van der Waals surface area contributed by atoms with Crippen molar-refractivity contribution in [2.24, 2.45) is 0 Å². The minimum Gasteiger partial charge on any atom is -0.344 e. The number of nitrogens with one attached hydrogen (secondary N) is 1. The highest BCUT2D eigenvalue weighted by Gasteiger charge is 2.13. The van der Waals surface area contributed by atoms with Crippen LogP contribution in [0.3, 0.4) is 0 Å². The maximum atomic E-state index is 12.0. The van der Waals surface area contributed by atoms with Crippen molar-refractivity contribution < 1.29 is 4.79 Å². The van der Waals surface area contributed by atoms with Crippen molar-refractivity contribution in [3.8, 4) is 0 Å². The van der Waals surface area contributed by atoms with Gasteiger partial charge in [0.1, 0.15) is 6.54 Å². The van der Waals surface area contributed by atoms with Crippen LogP contribution in [0.15, 0.2) is 12.1 Å². The number of halogens is 2. The van der Waals surface area contributed by atoms with Crippen molar-refractivity contribution in [3.63, 3.8) is 0 Å². The first-order chi connectivity index (χ1) is 8.93. The van der Waals surface area contributed by atoms with Gasteiger partial charge in [-0.25, -0.2) is 0 Å². The largest absolute Gasteiger partial charge is 0.344 e. The number of hydrogen-bond acceptors (Lipinski definition) is 2. The van der Waals surface area contributed by atoms with Crippen molar-refractivity contribution in [1.29, 1.82) is 0 Å². The molecule has 0 fully saturated rings. The van der Waals surface area contributed by atoms with Gasteiger partial charge in [-0.2, -0.15) is 0 Å². The van der Waals surface area contributed by atoms with E-state index in [0.717, 1.165) is 11.0 Å². The van der Waals surface area contributed by atoms with E-state index in [2.05, 4.69) is 4.98 Å². The molecule has 1 aromatic carbocycles. The summed E-state index contributed by atoms with van der Waals surface area (Å²) in [6, 6.07) is 3.42. The van der Waals surface area contributed by atoms with Gasteiger partial charge in [-0.1, -0.05) is 23.2 Å². The van der Waals surface area contributed by atoms with Gasteiger partial charge >= 0.3 is 0 Å². The van der Waals surface area contributed by atoms with E-state index in [1.807, 2.05) is 6.92 Å². The SMILES string of the molecule is CCN(C)C(=O)Cn1c(=S)[nH]c2cc(Cl)c(Cl)cc21. The molecule has 0 unspecified atom stereocenters. The molecule has 19 heavy (non-hydrogen) atoms. The van der Waals surface area contributed by atoms with Crippen LogP contribution in [0.5, 0.6) is 0 Å². The quantitative estimate of drug-likeness (QED) is 0.880. The zero-order valence-corrected chi connectivity index (χ0v) is 12.9. The van der Waals surface area contributed by atoms with Gasteiger partial charge < -0.3 is 14.5 Å². The summed E-state index contributed by atoms with van der Waals surface area (Å²) in [6.07, 6.45) is 0. The molecule has 0 saturated carbocycles. The highest BCUT2D eigenvalue weighted by atomic mass is 35.5. The molecule has 0 atom stereocenters. The summed E-state index contributed by atoms with van der Waals surface area (Å²) in [5.74, 6) is -0.00873. The van der Waals surface area contributed by atoms with Crippen molar-refractivity contribution in [2.45, 2.75) is 13.5 Å². The molecule has 2 aromatic rings. The molecule has 4 nitrogen and oxygen atoms in total. The van der Waals surface area contributed by atoms with E-state index >= 15 is 0 Å². The number of carbonyl (C=O) groups is 1. The predicted octanol–water partition coefficient (Wildman–Crippen LogP) is 3.48. The number of H-pyrrole nitrogens is 1. The minimum absolute atomic E-state index is 0.00873. The molecule has 0 aliphatic rings. The van der Waals surface area contributed by atoms with Crippen LogP contribution in [0.4, 0.5) is 0 Å². The number of benzene rings is 1. The smallest absolute Gasteiger partial charge is 0.242 e. The Hall–Kier alpha value is -1.04. The molecule has 2 rings (SSSR count). The fourth-order valence-corrected chi connectivity index (χ4v) is 2.34. The lowest BCUT2D eigenvalue weighted by Crippen LogP contribution is -2.29. The highest BCUT2D eigenvalue weighted by Crippen LogP contribution is 2.27. The second kappa shape index (κ2) is 5.53. The van der Waals surface area contributed by atoms with Crippen molar-refractivity contribution in [2.75, 3.05) is 13.6 Å². The van der Waals surface area contributed by atoms with Crippen LogP contribution in [0, 0.1) is 4.77 Å². The fraction of sp³-hybridized carbons (Fsp3) is 0.333. The van der Waals surface area contributed by atoms with Crippen molar-refractivity contribution in [1.82, 2.24) is 14.5 Å². The Morgan fingerprint density at radius 1 is 1.42 bits per heavy atom. The number of aromatic nitrogens is 2. The molecule has 0 aliphatic heterocycles. The first-order valence-electron chi connectivity index (χ1n) is 5.75. The number of carbonyl (C=O) groups excluding carboxylic acids is 1. The molecule has 0 saturated heterocycles. The predicted molar refractivity (Wildman–Crippen MR) is 80.5 cm³/mol. The number of aromatic amines is 1. The van der Waals surface area contributed by atoms with Crippen LogP contribution in [-0.4, -0.2) is 34.0 Å². The van der Waals surface area contributed by atoms with Gasteiger partial charge in [-0.15, -0.1) is 0 Å². The van der Waals surface area contributed by atoms with Gasteiger partial charge in [0.05, 0.1) is 21.1 Å². The molecule has 1 N–H and O–H groups in total. The van der Waals surface area contributed by atoms with Crippen LogP contribution >= 0.6 is 35.4 Å². The van der Waals surface area contributed by atoms with Crippen molar-refractivity contribution in [3.05, 3.63) is 26.9 Å². The van der Waals surface area contributed by atoms with E-state index in [1.54, 1.807) is 28.6 Å². The average Bonchev–Trinajstić information content (AvgIpc) is 2.65. The molecule has 0 aliphatic carbocycles. The molecule has 0 radical (unpaired) electrons. The van der Waals surface area contributed by atoms with E-state index in [9.17, 15) is 4.79 Å². The van der Waals surface area contributed by atoms with Gasteiger partial charge in [0.25, 0.3) is 0 Å². The number of hydrogen-bond donors (Lipinski definition) is 1. The van der Waals surface area contributed by atoms with Gasteiger partial charge in [-0.05, 0) is 31.3 Å². The van der Waals surface area contributed by atoms with E-state index in [4.69, 9.17) is 35.4 Å². The van der Waals surface area contributed by atoms with E-state index < -0.39 is 0 Å². The van der Waals surface area contributed by atoms with E-state index in [-0.39, 0.29) is 12.5 Å². The number of fused-ring (bicyclic) bond motifs is 1. The number of imidazole rings is 1. The third-order valence-corrected chi connectivity index (χ3v) is 4.05. The number of amides is 1. The van der Waals surface area contributed by atoms with E-state index in [0.29, 0.717) is 21.4 Å². The Bertz CT molecular complexity index is 692. The lowest BCUT2D eigenvalue weighted by Gasteiger charge is -2.15. The highest BCUT2D eigenvalue weighted by molar-refractivity contribution is 7.71. The first kappa shape index (κ1) is 14.4. The molecule has 0 spiro atoms. The van der Waals surface area contributed by atoms with Gasteiger partial charge in [0, 0.05) is 13.6 Å². The molecule has 102 valence electrons. The Balaban J connectivity index is 2.49. The second-order valence-corrected chi connectivity index (χ2v) is 5.41. The fourth-order valence-electron chi connectivity index (χ4n) is 1.74. The number of rotatable bonds is 3. The van der Waals surface area contributed by atoms with E-state index in [1.165, 1.54) is 0 Å². The summed E-state index contributed by atoms with van der Waals surface area (Å²) >= 11 is 17.2. The lowest BCUT2D eigenvalue weighted by atomic mass is 10.3. The summed E-state index contributed by atoms with van der Waals surface area (Å²) in [5, 5.41) is 0.891. The van der Waals surface area contributed by atoms with Gasteiger partial charge in [0.2, 0.25) is 5.91 Å². The van der Waals surface area contributed by atoms with Crippen LogP contribution in [0.25, 0.3) is 11.0 Å². The molecule has 1 heterocycles. The average molecular weight is 318 g/mol. The monoisotopic (exact) mass is 317 g/mol.